The fourth-order valence-electron chi connectivity index (χ4n) is 2.90. The number of hydrogen-bond acceptors (Lipinski definition) is 3. The Balaban J connectivity index is 1.79. The minimum Gasteiger partial charge on any atom is -0.497 e. The number of carbonyl (C=O) groups excluding carboxylic acids is 2. The molecular formula is C19H28N2O3. The fourth-order valence-corrected chi connectivity index (χ4v) is 2.90. The number of likely N-dealkylation sites (tertiary alicyclic amines) is 1. The quantitative estimate of drug-likeness (QED) is 0.922. The first-order valence-corrected chi connectivity index (χ1v) is 8.51. The van der Waals surface area contributed by atoms with E-state index in [0.717, 1.165) is 24.2 Å². The predicted octanol–water partition coefficient (Wildman–Crippen LogP) is 2.60. The molecule has 1 heterocycles. The van der Waals surface area contributed by atoms with E-state index in [2.05, 4.69) is 5.32 Å². The molecule has 5 heteroatoms. The third-order valence-corrected chi connectivity index (χ3v) is 4.42. The van der Waals surface area contributed by atoms with Crippen LogP contribution in [0.5, 0.6) is 5.75 Å². The van der Waals surface area contributed by atoms with Crippen LogP contribution in [0, 0.1) is 11.3 Å². The topological polar surface area (TPSA) is 58.6 Å². The standard InChI is InChI=1S/C19H28N2O3/c1-19(2,3)18(23)21-11-9-15(10-12-21)17(22)20-13-14-5-7-16(24-4)8-6-14/h5-8,15H,9-13H2,1-4H3,(H,20,22). The number of ether oxygens (including phenoxy) is 1. The number of rotatable bonds is 4. The molecule has 1 fully saturated rings. The molecule has 1 aromatic rings. The van der Waals surface area contributed by atoms with E-state index in [1.54, 1.807) is 7.11 Å². The van der Waals surface area contributed by atoms with E-state index in [1.165, 1.54) is 0 Å². The lowest BCUT2D eigenvalue weighted by molar-refractivity contribution is -0.142. The second-order valence-corrected chi connectivity index (χ2v) is 7.38. The highest BCUT2D eigenvalue weighted by molar-refractivity contribution is 5.82. The Hall–Kier alpha value is -2.04. The summed E-state index contributed by atoms with van der Waals surface area (Å²) in [6.07, 6.45) is 1.46. The molecule has 0 atom stereocenters. The summed E-state index contributed by atoms with van der Waals surface area (Å²) >= 11 is 0. The number of hydrogen-bond donors (Lipinski definition) is 1. The molecule has 24 heavy (non-hydrogen) atoms. The Labute approximate surface area is 144 Å². The van der Waals surface area contributed by atoms with E-state index in [0.29, 0.717) is 19.6 Å². The lowest BCUT2D eigenvalue weighted by atomic mass is 9.90. The Bertz CT molecular complexity index is 567. The summed E-state index contributed by atoms with van der Waals surface area (Å²) in [7, 11) is 1.63. The zero-order valence-corrected chi connectivity index (χ0v) is 15.1. The van der Waals surface area contributed by atoms with Gasteiger partial charge in [-0.3, -0.25) is 9.59 Å². The molecule has 2 rings (SSSR count). The molecule has 0 aromatic heterocycles. The van der Waals surface area contributed by atoms with Crippen molar-refractivity contribution < 1.29 is 14.3 Å². The van der Waals surface area contributed by atoms with E-state index < -0.39 is 0 Å². The van der Waals surface area contributed by atoms with Crippen LogP contribution in [-0.4, -0.2) is 36.9 Å². The predicted molar refractivity (Wildman–Crippen MR) is 93.6 cm³/mol. The van der Waals surface area contributed by atoms with Crippen LogP contribution in [0.4, 0.5) is 0 Å². The van der Waals surface area contributed by atoms with Crippen LogP contribution in [0.2, 0.25) is 0 Å². The number of methoxy groups -OCH3 is 1. The third kappa shape index (κ3) is 4.73. The lowest BCUT2D eigenvalue weighted by Gasteiger charge is -2.35. The van der Waals surface area contributed by atoms with E-state index in [9.17, 15) is 9.59 Å². The van der Waals surface area contributed by atoms with Crippen LogP contribution in [-0.2, 0) is 16.1 Å². The summed E-state index contributed by atoms with van der Waals surface area (Å²) in [5, 5.41) is 3.00. The zero-order chi connectivity index (χ0) is 17.7. The summed E-state index contributed by atoms with van der Waals surface area (Å²) in [6, 6.07) is 7.67. The average Bonchev–Trinajstić information content (AvgIpc) is 2.58. The molecule has 1 aliphatic heterocycles. The second kappa shape index (κ2) is 7.69. The molecule has 1 saturated heterocycles. The van der Waals surface area contributed by atoms with Crippen LogP contribution in [0.1, 0.15) is 39.2 Å². The van der Waals surface area contributed by atoms with Gasteiger partial charge in [0.25, 0.3) is 0 Å². The van der Waals surface area contributed by atoms with Crippen molar-refractivity contribution >= 4 is 11.8 Å². The Morgan fingerprint density at radius 1 is 1.17 bits per heavy atom. The normalized spacial score (nSPS) is 15.9. The summed E-state index contributed by atoms with van der Waals surface area (Å²) < 4.78 is 5.12. The average molecular weight is 332 g/mol. The maximum absolute atomic E-state index is 12.3. The fraction of sp³-hybridized carbons (Fsp3) is 0.579. The number of nitrogens with zero attached hydrogens (tertiary/aromatic N) is 1. The van der Waals surface area contributed by atoms with Gasteiger partial charge in [-0.05, 0) is 30.5 Å². The minimum absolute atomic E-state index is 0.00716. The van der Waals surface area contributed by atoms with Crippen molar-refractivity contribution in [2.75, 3.05) is 20.2 Å². The molecule has 0 saturated carbocycles. The van der Waals surface area contributed by atoms with Crippen LogP contribution in [0.3, 0.4) is 0 Å². The minimum atomic E-state index is -0.358. The molecule has 1 N–H and O–H groups in total. The second-order valence-electron chi connectivity index (χ2n) is 7.38. The third-order valence-electron chi connectivity index (χ3n) is 4.42. The van der Waals surface area contributed by atoms with Crippen LogP contribution >= 0.6 is 0 Å². The first kappa shape index (κ1) is 18.3. The van der Waals surface area contributed by atoms with Crippen molar-refractivity contribution in [3.8, 4) is 5.75 Å². The first-order chi connectivity index (χ1) is 11.3. The van der Waals surface area contributed by atoms with Gasteiger partial charge in [0.15, 0.2) is 0 Å². The molecule has 1 aromatic carbocycles. The zero-order valence-electron chi connectivity index (χ0n) is 15.1. The van der Waals surface area contributed by atoms with Gasteiger partial charge >= 0.3 is 0 Å². The number of amides is 2. The van der Waals surface area contributed by atoms with Gasteiger partial charge in [0.05, 0.1) is 7.11 Å². The van der Waals surface area contributed by atoms with Gasteiger partial charge in [0, 0.05) is 31.0 Å². The molecule has 0 bridgehead atoms. The lowest BCUT2D eigenvalue weighted by Crippen LogP contribution is -2.46. The van der Waals surface area contributed by atoms with Gasteiger partial charge < -0.3 is 15.0 Å². The number of piperidine rings is 1. The maximum atomic E-state index is 12.3. The van der Waals surface area contributed by atoms with Gasteiger partial charge in [-0.15, -0.1) is 0 Å². The molecule has 5 nitrogen and oxygen atoms in total. The monoisotopic (exact) mass is 332 g/mol. The number of nitrogens with one attached hydrogen (secondary N) is 1. The van der Waals surface area contributed by atoms with E-state index in [-0.39, 0.29) is 23.1 Å². The Morgan fingerprint density at radius 3 is 2.25 bits per heavy atom. The maximum Gasteiger partial charge on any atom is 0.227 e. The molecule has 0 aliphatic carbocycles. The summed E-state index contributed by atoms with van der Waals surface area (Å²) in [5.74, 6) is 1.04. The molecule has 0 unspecified atom stereocenters. The van der Waals surface area contributed by atoms with Gasteiger partial charge in [-0.2, -0.15) is 0 Å². The highest BCUT2D eigenvalue weighted by atomic mass is 16.5. The van der Waals surface area contributed by atoms with Gasteiger partial charge in [0.1, 0.15) is 5.75 Å². The van der Waals surface area contributed by atoms with Crippen molar-refractivity contribution in [1.29, 1.82) is 0 Å². The SMILES string of the molecule is COc1ccc(CNC(=O)C2CCN(C(=O)C(C)(C)C)CC2)cc1. The summed E-state index contributed by atoms with van der Waals surface area (Å²) in [4.78, 5) is 26.5. The summed E-state index contributed by atoms with van der Waals surface area (Å²) in [5.41, 5.74) is 0.688. The van der Waals surface area contributed by atoms with E-state index in [4.69, 9.17) is 4.74 Å². The van der Waals surface area contributed by atoms with Crippen molar-refractivity contribution in [2.45, 2.75) is 40.2 Å². The molecule has 1 aliphatic rings. The number of carbonyl (C=O) groups is 2. The van der Waals surface area contributed by atoms with Crippen LogP contribution in [0.25, 0.3) is 0 Å². The Kier molecular flexibility index (Phi) is 5.86. The Morgan fingerprint density at radius 2 is 1.75 bits per heavy atom. The van der Waals surface area contributed by atoms with E-state index in [1.807, 2.05) is 49.9 Å². The van der Waals surface area contributed by atoms with E-state index >= 15 is 0 Å². The van der Waals surface area contributed by atoms with Crippen molar-refractivity contribution in [3.05, 3.63) is 29.8 Å². The van der Waals surface area contributed by atoms with Crippen molar-refractivity contribution in [1.82, 2.24) is 10.2 Å². The van der Waals surface area contributed by atoms with Gasteiger partial charge in [-0.1, -0.05) is 32.9 Å². The molecule has 0 spiro atoms. The largest absolute Gasteiger partial charge is 0.497 e. The highest BCUT2D eigenvalue weighted by Crippen LogP contribution is 2.23. The summed E-state index contributed by atoms with van der Waals surface area (Å²) in [6.45, 7) is 7.65. The number of benzene rings is 1. The highest BCUT2D eigenvalue weighted by Gasteiger charge is 2.32. The van der Waals surface area contributed by atoms with Gasteiger partial charge in [-0.25, -0.2) is 0 Å². The first-order valence-electron chi connectivity index (χ1n) is 8.51. The molecule has 2 amide bonds. The van der Waals surface area contributed by atoms with Crippen LogP contribution in [0.15, 0.2) is 24.3 Å². The molecule has 132 valence electrons. The van der Waals surface area contributed by atoms with Crippen molar-refractivity contribution in [3.63, 3.8) is 0 Å². The molecule has 0 radical (unpaired) electrons. The van der Waals surface area contributed by atoms with Crippen molar-refractivity contribution in [2.24, 2.45) is 11.3 Å². The van der Waals surface area contributed by atoms with Gasteiger partial charge in [0.2, 0.25) is 11.8 Å². The molecular weight excluding hydrogens is 304 g/mol. The van der Waals surface area contributed by atoms with Crippen LogP contribution < -0.4 is 10.1 Å². The smallest absolute Gasteiger partial charge is 0.227 e.